The van der Waals surface area contributed by atoms with Gasteiger partial charge in [-0.2, -0.15) is 0 Å². The highest BCUT2D eigenvalue weighted by Gasteiger charge is 2.18. The van der Waals surface area contributed by atoms with Crippen molar-refractivity contribution in [3.63, 3.8) is 0 Å². The molecule has 0 saturated heterocycles. The van der Waals surface area contributed by atoms with Crippen LogP contribution < -0.4 is 0 Å². The van der Waals surface area contributed by atoms with Gasteiger partial charge in [0.15, 0.2) is 0 Å². The predicted octanol–water partition coefficient (Wildman–Crippen LogP) is 7.72. The third-order valence-corrected chi connectivity index (χ3v) is 7.39. The molecular weight excluding hydrogens is 384 g/mol. The van der Waals surface area contributed by atoms with Crippen LogP contribution in [0.1, 0.15) is 4.88 Å². The van der Waals surface area contributed by atoms with E-state index >= 15 is 0 Å². The van der Waals surface area contributed by atoms with Crippen LogP contribution in [0.15, 0.2) is 79.1 Å². The van der Waals surface area contributed by atoms with Crippen LogP contribution in [0.4, 0.5) is 0 Å². The van der Waals surface area contributed by atoms with Crippen LogP contribution in [0, 0.1) is 6.92 Å². The molecule has 0 fully saturated rings. The first-order valence-corrected chi connectivity index (χ1v) is 10.9. The quantitative estimate of drug-likeness (QED) is 0.208. The lowest BCUT2D eigenvalue weighted by molar-refractivity contribution is 1.30. The molecule has 0 unspecified atom stereocenters. The Balaban J connectivity index is 1.71. The van der Waals surface area contributed by atoms with Crippen LogP contribution in [-0.4, -0.2) is 9.97 Å². The summed E-state index contributed by atoms with van der Waals surface area (Å²) >= 11 is 1.79. The van der Waals surface area contributed by atoms with E-state index in [4.69, 9.17) is 0 Å². The minimum absolute atomic E-state index is 0.999. The number of thiophene rings is 1. The highest BCUT2D eigenvalue weighted by Crippen LogP contribution is 2.45. The molecule has 2 nitrogen and oxygen atoms in total. The summed E-state index contributed by atoms with van der Waals surface area (Å²) in [4.78, 5) is 11.7. The van der Waals surface area contributed by atoms with Crippen LogP contribution >= 0.6 is 11.3 Å². The Morgan fingerprint density at radius 1 is 0.600 bits per heavy atom. The van der Waals surface area contributed by atoms with E-state index in [0.29, 0.717) is 0 Å². The molecule has 0 spiro atoms. The van der Waals surface area contributed by atoms with Crippen molar-refractivity contribution in [1.29, 1.82) is 0 Å². The van der Waals surface area contributed by atoms with Gasteiger partial charge in [-0.3, -0.25) is 9.97 Å². The lowest BCUT2D eigenvalue weighted by Crippen LogP contribution is -1.88. The zero-order valence-electron chi connectivity index (χ0n) is 16.3. The number of aryl methyl sites for hydroxylation is 1. The average molecular weight is 401 g/mol. The SMILES string of the molecule is Cc1sc(-c2ccc3c4cccc5cccc(c6cccc2c63)c54)c2nccnc12. The zero-order valence-corrected chi connectivity index (χ0v) is 17.1. The second kappa shape index (κ2) is 5.74. The van der Waals surface area contributed by atoms with Gasteiger partial charge in [0.2, 0.25) is 0 Å². The van der Waals surface area contributed by atoms with Crippen LogP contribution in [-0.2, 0) is 0 Å². The zero-order chi connectivity index (χ0) is 19.8. The fraction of sp³-hybridized carbons (Fsp3) is 0.0370. The van der Waals surface area contributed by atoms with Gasteiger partial charge in [0, 0.05) is 22.8 Å². The van der Waals surface area contributed by atoms with E-state index in [1.54, 1.807) is 23.7 Å². The molecular formula is C27H16N2S. The number of hydrogen-bond donors (Lipinski definition) is 0. The monoisotopic (exact) mass is 400 g/mol. The van der Waals surface area contributed by atoms with Crippen molar-refractivity contribution in [1.82, 2.24) is 9.97 Å². The fourth-order valence-corrected chi connectivity index (χ4v) is 6.12. The molecule has 0 aliphatic heterocycles. The van der Waals surface area contributed by atoms with Crippen LogP contribution in [0.2, 0.25) is 0 Å². The molecule has 3 heteroatoms. The molecule has 7 aromatic rings. The predicted molar refractivity (Wildman–Crippen MR) is 129 cm³/mol. The van der Waals surface area contributed by atoms with Gasteiger partial charge in [-0.15, -0.1) is 11.3 Å². The molecule has 0 aliphatic carbocycles. The number of benzene rings is 5. The number of hydrogen-bond acceptors (Lipinski definition) is 3. The Morgan fingerprint density at radius 3 is 1.97 bits per heavy atom. The second-order valence-corrected chi connectivity index (χ2v) is 9.06. The molecule has 0 N–H and O–H groups in total. The largest absolute Gasteiger partial charge is 0.252 e. The summed E-state index contributed by atoms with van der Waals surface area (Å²) in [6, 6.07) is 24.5. The molecule has 140 valence electrons. The van der Waals surface area contributed by atoms with E-state index in [2.05, 4.69) is 83.6 Å². The van der Waals surface area contributed by atoms with Crippen LogP contribution in [0.25, 0.3) is 64.6 Å². The molecule has 0 radical (unpaired) electrons. The second-order valence-electron chi connectivity index (χ2n) is 7.84. The molecule has 0 amide bonds. The molecule has 30 heavy (non-hydrogen) atoms. The molecule has 2 heterocycles. The number of aromatic nitrogens is 2. The number of nitrogens with zero attached hydrogens (tertiary/aromatic N) is 2. The lowest BCUT2D eigenvalue weighted by Gasteiger charge is -2.16. The Bertz CT molecular complexity index is 1710. The summed E-state index contributed by atoms with van der Waals surface area (Å²) in [5.41, 5.74) is 3.25. The molecule has 7 rings (SSSR count). The normalized spacial score (nSPS) is 12.2. The minimum Gasteiger partial charge on any atom is -0.252 e. The van der Waals surface area contributed by atoms with E-state index in [1.165, 1.54) is 58.4 Å². The molecule has 0 aliphatic rings. The van der Waals surface area contributed by atoms with Gasteiger partial charge in [-0.25, -0.2) is 0 Å². The van der Waals surface area contributed by atoms with Gasteiger partial charge in [-0.05, 0) is 50.0 Å². The maximum atomic E-state index is 4.68. The summed E-state index contributed by atoms with van der Waals surface area (Å²) in [6.45, 7) is 2.13. The topological polar surface area (TPSA) is 25.8 Å². The lowest BCUT2D eigenvalue weighted by atomic mass is 9.88. The molecule has 0 bridgehead atoms. The van der Waals surface area contributed by atoms with Crippen molar-refractivity contribution in [2.75, 3.05) is 0 Å². The highest BCUT2D eigenvalue weighted by atomic mass is 32.1. The molecule has 5 aromatic carbocycles. The summed E-state index contributed by atoms with van der Waals surface area (Å²) in [5, 5.41) is 10.6. The summed E-state index contributed by atoms with van der Waals surface area (Å²) in [6.07, 6.45) is 3.57. The van der Waals surface area contributed by atoms with Gasteiger partial charge < -0.3 is 0 Å². The van der Waals surface area contributed by atoms with Crippen molar-refractivity contribution < 1.29 is 0 Å². The van der Waals surface area contributed by atoms with Crippen molar-refractivity contribution in [2.24, 2.45) is 0 Å². The first-order valence-electron chi connectivity index (χ1n) is 10.1. The van der Waals surface area contributed by atoms with E-state index in [9.17, 15) is 0 Å². The van der Waals surface area contributed by atoms with E-state index in [0.717, 1.165) is 11.0 Å². The Morgan fingerprint density at radius 2 is 1.20 bits per heavy atom. The third-order valence-electron chi connectivity index (χ3n) is 6.27. The van der Waals surface area contributed by atoms with Gasteiger partial charge in [0.25, 0.3) is 0 Å². The Kier molecular flexibility index (Phi) is 3.11. The van der Waals surface area contributed by atoms with Crippen molar-refractivity contribution in [2.45, 2.75) is 6.92 Å². The van der Waals surface area contributed by atoms with Crippen molar-refractivity contribution in [3.05, 3.63) is 84.0 Å². The Hall–Kier alpha value is -3.56. The first-order chi connectivity index (χ1) is 14.8. The molecule has 0 atom stereocenters. The first kappa shape index (κ1) is 16.3. The summed E-state index contributed by atoms with van der Waals surface area (Å²) < 4.78 is 0. The van der Waals surface area contributed by atoms with Gasteiger partial charge in [0.05, 0.1) is 4.88 Å². The van der Waals surface area contributed by atoms with Crippen molar-refractivity contribution in [3.8, 4) is 10.4 Å². The smallest absolute Gasteiger partial charge is 0.108 e. The fourth-order valence-electron chi connectivity index (χ4n) is 5.04. The minimum atomic E-state index is 0.999. The van der Waals surface area contributed by atoms with E-state index in [-0.39, 0.29) is 0 Å². The van der Waals surface area contributed by atoms with Gasteiger partial charge in [-0.1, -0.05) is 66.7 Å². The maximum Gasteiger partial charge on any atom is 0.108 e. The summed E-state index contributed by atoms with van der Waals surface area (Å²) in [7, 11) is 0. The van der Waals surface area contributed by atoms with Crippen LogP contribution in [0.3, 0.4) is 0 Å². The standard InChI is InChI=1S/C27H16N2S/c1-15-25-26(29-14-13-28-25)27(30-15)22-12-11-21-18-8-3-6-16-5-2-7-17(23(16)18)19-9-4-10-20(22)24(19)21/h2-14H,1H3. The van der Waals surface area contributed by atoms with Crippen molar-refractivity contribution >= 4 is 65.5 Å². The summed E-state index contributed by atoms with van der Waals surface area (Å²) in [5.74, 6) is 0. The average Bonchev–Trinajstić information content (AvgIpc) is 3.13. The van der Waals surface area contributed by atoms with Crippen LogP contribution in [0.5, 0.6) is 0 Å². The van der Waals surface area contributed by atoms with Gasteiger partial charge in [0.1, 0.15) is 11.0 Å². The van der Waals surface area contributed by atoms with E-state index in [1.807, 2.05) is 0 Å². The third kappa shape index (κ3) is 1.98. The molecule has 0 saturated carbocycles. The highest BCUT2D eigenvalue weighted by molar-refractivity contribution is 7.17. The maximum absolute atomic E-state index is 4.68. The number of fused-ring (bicyclic) bond motifs is 3. The Labute approximate surface area is 176 Å². The van der Waals surface area contributed by atoms with E-state index < -0.39 is 0 Å². The molecule has 2 aromatic heterocycles. The van der Waals surface area contributed by atoms with Gasteiger partial charge >= 0.3 is 0 Å². The number of rotatable bonds is 1.